The molecule has 0 radical (unpaired) electrons. The Balaban J connectivity index is 1.92. The van der Waals surface area contributed by atoms with Gasteiger partial charge in [0, 0.05) is 24.7 Å². The van der Waals surface area contributed by atoms with Crippen molar-refractivity contribution in [3.63, 3.8) is 0 Å². The Morgan fingerprint density at radius 3 is 2.83 bits per heavy atom. The molecule has 0 unspecified atom stereocenters. The number of hydrogen-bond acceptors (Lipinski definition) is 4. The summed E-state index contributed by atoms with van der Waals surface area (Å²) in [5.41, 5.74) is 0.604. The summed E-state index contributed by atoms with van der Waals surface area (Å²) in [5, 5.41) is 3.07. The molecule has 24 heavy (non-hydrogen) atoms. The Kier molecular flexibility index (Phi) is 6.91. The van der Waals surface area contributed by atoms with Crippen LogP contribution < -0.4 is 14.8 Å². The van der Waals surface area contributed by atoms with E-state index in [0.29, 0.717) is 35.6 Å². The summed E-state index contributed by atoms with van der Waals surface area (Å²) in [6.45, 7) is 9.89. The van der Waals surface area contributed by atoms with E-state index in [1.165, 1.54) is 12.8 Å². The summed E-state index contributed by atoms with van der Waals surface area (Å²) in [7, 11) is 1.59. The molecule has 1 aliphatic heterocycles. The van der Waals surface area contributed by atoms with Gasteiger partial charge in [-0.1, -0.05) is 0 Å². The highest BCUT2D eigenvalue weighted by molar-refractivity contribution is 5.94. The lowest BCUT2D eigenvalue weighted by atomic mass is 9.97. The first-order chi connectivity index (χ1) is 11.5. The van der Waals surface area contributed by atoms with Crippen LogP contribution in [0.4, 0.5) is 0 Å². The number of methoxy groups -OCH3 is 1. The van der Waals surface area contributed by atoms with E-state index in [4.69, 9.17) is 9.47 Å². The maximum atomic E-state index is 12.4. The standard InChI is InChI=1S/C19H30N2O3/c1-5-24-17-9-8-16(11-18(17)23-4)19(22)20-12-15-7-6-10-21(13-15)14(2)3/h8-9,11,14-15H,5-7,10,12-13H2,1-4H3,(H,20,22)/t15-/m1/s1. The van der Waals surface area contributed by atoms with Gasteiger partial charge in [0.1, 0.15) is 0 Å². The van der Waals surface area contributed by atoms with Crippen molar-refractivity contribution in [2.24, 2.45) is 5.92 Å². The number of carbonyl (C=O) groups is 1. The summed E-state index contributed by atoms with van der Waals surface area (Å²) in [5.74, 6) is 1.72. The Labute approximate surface area is 145 Å². The van der Waals surface area contributed by atoms with Gasteiger partial charge in [0.05, 0.1) is 13.7 Å². The quantitative estimate of drug-likeness (QED) is 0.833. The van der Waals surface area contributed by atoms with Crippen molar-refractivity contribution < 1.29 is 14.3 Å². The zero-order chi connectivity index (χ0) is 17.5. The molecule has 0 bridgehead atoms. The maximum absolute atomic E-state index is 12.4. The van der Waals surface area contributed by atoms with Crippen molar-refractivity contribution in [3.8, 4) is 11.5 Å². The normalized spacial score (nSPS) is 18.5. The van der Waals surface area contributed by atoms with Crippen LogP contribution >= 0.6 is 0 Å². The summed E-state index contributed by atoms with van der Waals surface area (Å²) in [4.78, 5) is 14.9. The third-order valence-corrected chi connectivity index (χ3v) is 4.56. The number of ether oxygens (including phenoxy) is 2. The van der Waals surface area contributed by atoms with Gasteiger partial charge >= 0.3 is 0 Å². The van der Waals surface area contributed by atoms with E-state index >= 15 is 0 Å². The largest absolute Gasteiger partial charge is 0.493 e. The fourth-order valence-corrected chi connectivity index (χ4v) is 3.16. The average Bonchev–Trinajstić information content (AvgIpc) is 2.60. The van der Waals surface area contributed by atoms with Crippen LogP contribution in [0.5, 0.6) is 11.5 Å². The van der Waals surface area contributed by atoms with Gasteiger partial charge < -0.3 is 19.7 Å². The minimum Gasteiger partial charge on any atom is -0.493 e. The zero-order valence-corrected chi connectivity index (χ0v) is 15.3. The fourth-order valence-electron chi connectivity index (χ4n) is 3.16. The molecule has 5 nitrogen and oxygen atoms in total. The summed E-state index contributed by atoms with van der Waals surface area (Å²) >= 11 is 0. The van der Waals surface area contributed by atoms with E-state index in [1.54, 1.807) is 25.3 Å². The third-order valence-electron chi connectivity index (χ3n) is 4.56. The number of piperidine rings is 1. The molecule has 1 aliphatic rings. The van der Waals surface area contributed by atoms with Gasteiger partial charge in [-0.2, -0.15) is 0 Å². The first kappa shape index (κ1) is 18.6. The fraction of sp³-hybridized carbons (Fsp3) is 0.632. The first-order valence-electron chi connectivity index (χ1n) is 8.88. The number of hydrogen-bond donors (Lipinski definition) is 1. The van der Waals surface area contributed by atoms with E-state index in [2.05, 4.69) is 24.1 Å². The molecule has 0 aliphatic carbocycles. The molecule has 1 N–H and O–H groups in total. The van der Waals surface area contributed by atoms with Crippen molar-refractivity contribution in [1.29, 1.82) is 0 Å². The minimum atomic E-state index is -0.0574. The van der Waals surface area contributed by atoms with Crippen LogP contribution in [0.2, 0.25) is 0 Å². The van der Waals surface area contributed by atoms with Gasteiger partial charge in [0.2, 0.25) is 0 Å². The van der Waals surface area contributed by atoms with Crippen molar-refractivity contribution in [2.45, 2.75) is 39.7 Å². The Morgan fingerprint density at radius 2 is 2.17 bits per heavy atom. The lowest BCUT2D eigenvalue weighted by molar-refractivity contribution is 0.0922. The monoisotopic (exact) mass is 334 g/mol. The van der Waals surface area contributed by atoms with Crippen LogP contribution in [0.15, 0.2) is 18.2 Å². The highest BCUT2D eigenvalue weighted by Gasteiger charge is 2.22. The molecule has 1 fully saturated rings. The van der Waals surface area contributed by atoms with E-state index in [9.17, 15) is 4.79 Å². The predicted molar refractivity (Wildman–Crippen MR) is 95.9 cm³/mol. The van der Waals surface area contributed by atoms with Crippen LogP contribution in [0.25, 0.3) is 0 Å². The molecule has 1 heterocycles. The van der Waals surface area contributed by atoms with Crippen LogP contribution in [0, 0.1) is 5.92 Å². The van der Waals surface area contributed by atoms with Crippen LogP contribution in [0.1, 0.15) is 44.0 Å². The number of nitrogens with one attached hydrogen (secondary N) is 1. The summed E-state index contributed by atoms with van der Waals surface area (Å²) in [6.07, 6.45) is 2.38. The Bertz CT molecular complexity index is 545. The van der Waals surface area contributed by atoms with Gasteiger partial charge in [0.15, 0.2) is 11.5 Å². The van der Waals surface area contributed by atoms with Crippen molar-refractivity contribution in [3.05, 3.63) is 23.8 Å². The molecule has 5 heteroatoms. The molecular formula is C19H30N2O3. The van der Waals surface area contributed by atoms with E-state index in [-0.39, 0.29) is 5.91 Å². The summed E-state index contributed by atoms with van der Waals surface area (Å²) < 4.78 is 10.8. The minimum absolute atomic E-state index is 0.0574. The molecule has 1 amide bonds. The molecular weight excluding hydrogens is 304 g/mol. The number of benzene rings is 1. The molecule has 1 aromatic rings. The lowest BCUT2D eigenvalue weighted by Crippen LogP contribution is -2.43. The van der Waals surface area contributed by atoms with Gasteiger partial charge in [-0.15, -0.1) is 0 Å². The van der Waals surface area contributed by atoms with Gasteiger partial charge in [-0.3, -0.25) is 4.79 Å². The topological polar surface area (TPSA) is 50.8 Å². The predicted octanol–water partition coefficient (Wildman–Crippen LogP) is 2.94. The zero-order valence-electron chi connectivity index (χ0n) is 15.3. The number of amides is 1. The van der Waals surface area contributed by atoms with E-state index < -0.39 is 0 Å². The maximum Gasteiger partial charge on any atom is 0.251 e. The Morgan fingerprint density at radius 1 is 1.38 bits per heavy atom. The molecule has 2 rings (SSSR count). The smallest absolute Gasteiger partial charge is 0.251 e. The average molecular weight is 334 g/mol. The first-order valence-corrected chi connectivity index (χ1v) is 8.88. The lowest BCUT2D eigenvalue weighted by Gasteiger charge is -2.35. The van der Waals surface area contributed by atoms with Crippen LogP contribution in [0.3, 0.4) is 0 Å². The van der Waals surface area contributed by atoms with Gasteiger partial charge in [-0.05, 0) is 64.3 Å². The summed E-state index contributed by atoms with van der Waals surface area (Å²) in [6, 6.07) is 5.88. The van der Waals surface area contributed by atoms with Gasteiger partial charge in [0.25, 0.3) is 5.91 Å². The van der Waals surface area contributed by atoms with Crippen molar-refractivity contribution >= 4 is 5.91 Å². The van der Waals surface area contributed by atoms with Crippen LogP contribution in [-0.2, 0) is 0 Å². The molecule has 134 valence electrons. The molecule has 1 saturated heterocycles. The number of rotatable bonds is 7. The number of nitrogens with zero attached hydrogens (tertiary/aromatic N) is 1. The highest BCUT2D eigenvalue weighted by atomic mass is 16.5. The van der Waals surface area contributed by atoms with Crippen molar-refractivity contribution in [1.82, 2.24) is 10.2 Å². The number of carbonyl (C=O) groups excluding carboxylic acids is 1. The SMILES string of the molecule is CCOc1ccc(C(=O)NC[C@H]2CCCN(C(C)C)C2)cc1OC. The molecule has 0 saturated carbocycles. The molecule has 0 spiro atoms. The second kappa shape index (κ2) is 8.92. The second-order valence-electron chi connectivity index (χ2n) is 6.61. The van der Waals surface area contributed by atoms with E-state index in [0.717, 1.165) is 19.6 Å². The molecule has 0 aromatic heterocycles. The number of likely N-dealkylation sites (tertiary alicyclic amines) is 1. The van der Waals surface area contributed by atoms with E-state index in [1.807, 2.05) is 6.92 Å². The second-order valence-corrected chi connectivity index (χ2v) is 6.61. The Hall–Kier alpha value is -1.75. The third kappa shape index (κ3) is 4.87. The van der Waals surface area contributed by atoms with Crippen LogP contribution in [-0.4, -0.2) is 50.2 Å². The highest BCUT2D eigenvalue weighted by Crippen LogP contribution is 2.28. The van der Waals surface area contributed by atoms with Gasteiger partial charge in [-0.25, -0.2) is 0 Å². The molecule has 1 aromatic carbocycles. The molecule has 1 atom stereocenters. The van der Waals surface area contributed by atoms with Crippen molar-refractivity contribution in [2.75, 3.05) is 33.4 Å².